The van der Waals surface area contributed by atoms with Gasteiger partial charge in [0, 0.05) is 19.2 Å². The quantitative estimate of drug-likeness (QED) is 0.621. The maximum atomic E-state index is 10.4. The average molecular weight is 184 g/mol. The van der Waals surface area contributed by atoms with E-state index in [1.54, 1.807) is 7.05 Å². The molecule has 0 rings (SSSR count). The largest absolute Gasteiger partial charge is 0.480 e. The molecule has 0 aliphatic heterocycles. The fraction of sp³-hybridized carbons (Fsp3) is 0.556. The van der Waals surface area contributed by atoms with Gasteiger partial charge in [-0.3, -0.25) is 9.79 Å². The van der Waals surface area contributed by atoms with Crippen LogP contribution in [0.3, 0.4) is 0 Å². The Labute approximate surface area is 78.2 Å². The molecule has 1 unspecified atom stereocenters. The van der Waals surface area contributed by atoms with Gasteiger partial charge in [0.1, 0.15) is 6.04 Å². The summed E-state index contributed by atoms with van der Waals surface area (Å²) < 4.78 is 0. The fourth-order valence-electron chi connectivity index (χ4n) is 0.800. The number of hydrogen-bond acceptors (Lipinski definition) is 3. The van der Waals surface area contributed by atoms with Crippen molar-refractivity contribution in [3.63, 3.8) is 0 Å². The lowest BCUT2D eigenvalue weighted by Gasteiger charge is -2.05. The summed E-state index contributed by atoms with van der Waals surface area (Å²) >= 11 is 0. The first kappa shape index (κ1) is 11.8. The van der Waals surface area contributed by atoms with Crippen molar-refractivity contribution in [1.82, 2.24) is 0 Å². The summed E-state index contributed by atoms with van der Waals surface area (Å²) in [5, 5.41) is 8.55. The topological polar surface area (TPSA) is 75.7 Å². The number of allylic oxidation sites excluding steroid dienone is 2. The Morgan fingerprint density at radius 3 is 2.69 bits per heavy atom. The van der Waals surface area contributed by atoms with Crippen LogP contribution in [0.4, 0.5) is 0 Å². The summed E-state index contributed by atoms with van der Waals surface area (Å²) in [4.78, 5) is 14.4. The van der Waals surface area contributed by atoms with E-state index in [1.807, 2.05) is 19.1 Å². The smallest absolute Gasteiger partial charge is 0.320 e. The average Bonchev–Trinajstić information content (AvgIpc) is 2.11. The van der Waals surface area contributed by atoms with Crippen LogP contribution in [-0.4, -0.2) is 29.9 Å². The minimum Gasteiger partial charge on any atom is -0.480 e. The third kappa shape index (κ3) is 5.14. The number of rotatable bonds is 5. The first-order valence-corrected chi connectivity index (χ1v) is 4.22. The summed E-state index contributed by atoms with van der Waals surface area (Å²) in [6.07, 6.45) is 4.92. The molecule has 0 radical (unpaired) electrons. The number of aliphatic imine (C=N–C) groups is 1. The van der Waals surface area contributed by atoms with Gasteiger partial charge in [0.25, 0.3) is 0 Å². The Morgan fingerprint density at radius 2 is 2.31 bits per heavy atom. The van der Waals surface area contributed by atoms with Crippen molar-refractivity contribution in [3.05, 3.63) is 12.2 Å². The molecule has 0 bridgehead atoms. The number of carboxylic acids is 1. The minimum absolute atomic E-state index is 0.280. The van der Waals surface area contributed by atoms with Gasteiger partial charge in [-0.15, -0.1) is 0 Å². The molecule has 0 saturated heterocycles. The lowest BCUT2D eigenvalue weighted by atomic mass is 10.1. The molecule has 0 aliphatic rings. The zero-order valence-corrected chi connectivity index (χ0v) is 8.03. The van der Waals surface area contributed by atoms with E-state index in [9.17, 15) is 4.79 Å². The van der Waals surface area contributed by atoms with Gasteiger partial charge in [-0.25, -0.2) is 0 Å². The Kier molecular flexibility index (Phi) is 5.80. The molecule has 0 aliphatic carbocycles. The Bertz CT molecular complexity index is 222. The number of hydrogen-bond donors (Lipinski definition) is 2. The van der Waals surface area contributed by atoms with Crippen LogP contribution in [0.1, 0.15) is 19.8 Å². The molecule has 4 nitrogen and oxygen atoms in total. The number of nitrogens with two attached hydrogens (primary N) is 1. The molecule has 0 spiro atoms. The summed E-state index contributed by atoms with van der Waals surface area (Å²) in [6.45, 7) is 2.00. The standard InChI is InChI=1S/C9H16N2O2/c1-3-4-5-7(11-2)6-8(10)9(12)13/h4-5,8H,3,6,10H2,1-2H3,(H,12,13)/b5-4-,11-7?. The van der Waals surface area contributed by atoms with Gasteiger partial charge < -0.3 is 10.8 Å². The molecule has 0 amide bonds. The summed E-state index contributed by atoms with van der Waals surface area (Å²) in [7, 11) is 1.63. The maximum absolute atomic E-state index is 10.4. The molecular formula is C9H16N2O2. The van der Waals surface area contributed by atoms with Crippen LogP contribution in [0.15, 0.2) is 17.1 Å². The lowest BCUT2D eigenvalue weighted by molar-refractivity contribution is -0.138. The van der Waals surface area contributed by atoms with E-state index >= 15 is 0 Å². The Balaban J connectivity index is 4.15. The lowest BCUT2D eigenvalue weighted by Crippen LogP contribution is -2.32. The number of carbonyl (C=O) groups is 1. The van der Waals surface area contributed by atoms with E-state index < -0.39 is 12.0 Å². The van der Waals surface area contributed by atoms with Crippen LogP contribution in [0.2, 0.25) is 0 Å². The molecule has 1 atom stereocenters. The van der Waals surface area contributed by atoms with Crippen molar-refractivity contribution in [1.29, 1.82) is 0 Å². The summed E-state index contributed by atoms with van der Waals surface area (Å²) in [5.41, 5.74) is 6.07. The predicted octanol–water partition coefficient (Wildman–Crippen LogP) is 0.825. The Morgan fingerprint density at radius 1 is 1.69 bits per heavy atom. The Hall–Kier alpha value is -1.16. The van der Waals surface area contributed by atoms with Crippen LogP contribution < -0.4 is 5.73 Å². The SMILES string of the molecule is CC/C=C\C(CC(N)C(=O)O)=NC. The fourth-order valence-corrected chi connectivity index (χ4v) is 0.800. The molecule has 0 fully saturated rings. The van der Waals surface area contributed by atoms with Crippen LogP contribution in [0.5, 0.6) is 0 Å². The molecule has 0 aromatic carbocycles. The molecule has 0 saturated carbocycles. The third-order valence-electron chi connectivity index (χ3n) is 1.58. The van der Waals surface area contributed by atoms with Gasteiger partial charge in [-0.05, 0) is 12.5 Å². The molecule has 4 heteroatoms. The number of carboxylic acid groups (broad SMARTS) is 1. The van der Waals surface area contributed by atoms with Crippen molar-refractivity contribution < 1.29 is 9.90 Å². The monoisotopic (exact) mass is 184 g/mol. The summed E-state index contributed by atoms with van der Waals surface area (Å²) in [6, 6.07) is -0.861. The van der Waals surface area contributed by atoms with E-state index in [0.717, 1.165) is 12.1 Å². The van der Waals surface area contributed by atoms with Crippen molar-refractivity contribution in [3.8, 4) is 0 Å². The zero-order valence-electron chi connectivity index (χ0n) is 8.03. The second-order valence-electron chi connectivity index (χ2n) is 2.67. The van der Waals surface area contributed by atoms with E-state index in [-0.39, 0.29) is 6.42 Å². The van der Waals surface area contributed by atoms with E-state index in [2.05, 4.69) is 4.99 Å². The molecule has 0 aromatic rings. The molecule has 74 valence electrons. The molecule has 0 heterocycles. The molecule has 13 heavy (non-hydrogen) atoms. The molecule has 0 aromatic heterocycles. The minimum atomic E-state index is -0.994. The second kappa shape index (κ2) is 6.37. The van der Waals surface area contributed by atoms with Crippen molar-refractivity contribution >= 4 is 11.7 Å². The van der Waals surface area contributed by atoms with Gasteiger partial charge in [0.2, 0.25) is 0 Å². The van der Waals surface area contributed by atoms with Gasteiger partial charge in [0.15, 0.2) is 0 Å². The van der Waals surface area contributed by atoms with Crippen LogP contribution in [-0.2, 0) is 4.79 Å². The second-order valence-corrected chi connectivity index (χ2v) is 2.67. The first-order valence-electron chi connectivity index (χ1n) is 4.22. The maximum Gasteiger partial charge on any atom is 0.320 e. The van der Waals surface area contributed by atoms with Gasteiger partial charge in [-0.2, -0.15) is 0 Å². The van der Waals surface area contributed by atoms with Gasteiger partial charge in [-0.1, -0.05) is 13.0 Å². The van der Waals surface area contributed by atoms with Gasteiger partial charge >= 0.3 is 5.97 Å². The van der Waals surface area contributed by atoms with Crippen LogP contribution >= 0.6 is 0 Å². The third-order valence-corrected chi connectivity index (χ3v) is 1.58. The van der Waals surface area contributed by atoms with Crippen LogP contribution in [0.25, 0.3) is 0 Å². The highest BCUT2D eigenvalue weighted by Gasteiger charge is 2.12. The van der Waals surface area contributed by atoms with E-state index in [4.69, 9.17) is 10.8 Å². The first-order chi connectivity index (χ1) is 6.11. The van der Waals surface area contributed by atoms with Gasteiger partial charge in [0.05, 0.1) is 0 Å². The number of aliphatic carboxylic acids is 1. The van der Waals surface area contributed by atoms with E-state index in [0.29, 0.717) is 0 Å². The normalized spacial score (nSPS) is 14.8. The van der Waals surface area contributed by atoms with Crippen molar-refractivity contribution in [2.24, 2.45) is 10.7 Å². The van der Waals surface area contributed by atoms with Crippen LogP contribution in [0, 0.1) is 0 Å². The summed E-state index contributed by atoms with van der Waals surface area (Å²) in [5.74, 6) is -0.994. The van der Waals surface area contributed by atoms with Crippen molar-refractivity contribution in [2.45, 2.75) is 25.8 Å². The predicted molar refractivity (Wildman–Crippen MR) is 53.0 cm³/mol. The molecular weight excluding hydrogens is 168 g/mol. The highest BCUT2D eigenvalue weighted by molar-refractivity contribution is 5.97. The van der Waals surface area contributed by atoms with Crippen molar-refractivity contribution in [2.75, 3.05) is 7.05 Å². The molecule has 3 N–H and O–H groups in total. The zero-order chi connectivity index (χ0) is 10.3. The van der Waals surface area contributed by atoms with E-state index in [1.165, 1.54) is 0 Å². The highest BCUT2D eigenvalue weighted by Crippen LogP contribution is 1.95. The highest BCUT2D eigenvalue weighted by atomic mass is 16.4. The number of nitrogens with zero attached hydrogens (tertiary/aromatic N) is 1.